The van der Waals surface area contributed by atoms with Crippen LogP contribution in [0.25, 0.3) is 0 Å². The fourth-order valence-electron chi connectivity index (χ4n) is 3.06. The van der Waals surface area contributed by atoms with E-state index in [2.05, 4.69) is 38.0 Å². The molecule has 0 atom stereocenters. The Labute approximate surface area is 125 Å². The number of nitrogens with zero attached hydrogens (tertiary/aromatic N) is 4. The van der Waals surface area contributed by atoms with E-state index in [9.17, 15) is 0 Å². The van der Waals surface area contributed by atoms with Crippen molar-refractivity contribution in [1.29, 1.82) is 0 Å². The summed E-state index contributed by atoms with van der Waals surface area (Å²) >= 11 is 0. The largest absolute Gasteiger partial charge is 0.350 e. The molecule has 112 valence electrons. The Hall–Kier alpha value is -1.91. The molecular weight excluding hydrogens is 262 g/mol. The first-order chi connectivity index (χ1) is 10.2. The van der Waals surface area contributed by atoms with Crippen LogP contribution in [-0.4, -0.2) is 19.5 Å². The molecule has 0 amide bonds. The van der Waals surface area contributed by atoms with Gasteiger partial charge in [-0.25, -0.2) is 15.0 Å². The minimum atomic E-state index is 0.592. The molecule has 21 heavy (non-hydrogen) atoms. The van der Waals surface area contributed by atoms with Crippen LogP contribution >= 0.6 is 0 Å². The maximum atomic E-state index is 4.63. The zero-order valence-corrected chi connectivity index (χ0v) is 12.8. The number of anilines is 1. The molecule has 5 heteroatoms. The first kappa shape index (κ1) is 14.0. The van der Waals surface area contributed by atoms with Gasteiger partial charge in [-0.1, -0.05) is 19.3 Å². The third-order valence-electron chi connectivity index (χ3n) is 4.08. The lowest BCUT2D eigenvalue weighted by atomic mass is 9.95. The fraction of sp³-hybridized carbons (Fsp3) is 0.562. The van der Waals surface area contributed by atoms with Gasteiger partial charge in [0.15, 0.2) is 0 Å². The van der Waals surface area contributed by atoms with E-state index in [0.717, 1.165) is 23.2 Å². The van der Waals surface area contributed by atoms with Crippen molar-refractivity contribution in [3.05, 3.63) is 35.7 Å². The van der Waals surface area contributed by atoms with E-state index in [-0.39, 0.29) is 0 Å². The molecule has 0 unspecified atom stereocenters. The minimum absolute atomic E-state index is 0.592. The highest BCUT2D eigenvalue weighted by atomic mass is 15.2. The zero-order valence-electron chi connectivity index (χ0n) is 12.8. The van der Waals surface area contributed by atoms with Crippen molar-refractivity contribution in [1.82, 2.24) is 19.5 Å². The first-order valence-electron chi connectivity index (χ1n) is 7.80. The molecule has 0 aromatic carbocycles. The number of imidazole rings is 1. The van der Waals surface area contributed by atoms with Gasteiger partial charge in [-0.05, 0) is 32.8 Å². The lowest BCUT2D eigenvalue weighted by Crippen LogP contribution is -2.16. The Balaban J connectivity index is 1.72. The van der Waals surface area contributed by atoms with Gasteiger partial charge in [-0.15, -0.1) is 0 Å². The maximum absolute atomic E-state index is 4.63. The molecule has 2 heterocycles. The van der Waals surface area contributed by atoms with Crippen molar-refractivity contribution in [2.75, 3.05) is 5.32 Å². The topological polar surface area (TPSA) is 55.6 Å². The molecule has 2 aromatic rings. The van der Waals surface area contributed by atoms with Gasteiger partial charge in [0.1, 0.15) is 5.82 Å². The molecule has 3 rings (SSSR count). The van der Waals surface area contributed by atoms with Crippen LogP contribution in [0, 0.1) is 13.8 Å². The van der Waals surface area contributed by atoms with Crippen LogP contribution in [0.2, 0.25) is 0 Å². The van der Waals surface area contributed by atoms with Gasteiger partial charge < -0.3 is 9.88 Å². The highest BCUT2D eigenvalue weighted by molar-refractivity contribution is 5.30. The Morgan fingerprint density at radius 3 is 2.76 bits per heavy atom. The molecule has 5 nitrogen and oxygen atoms in total. The maximum Gasteiger partial charge on any atom is 0.203 e. The number of aromatic nitrogens is 4. The average molecular weight is 285 g/mol. The van der Waals surface area contributed by atoms with Gasteiger partial charge in [-0.2, -0.15) is 0 Å². The number of hydrogen-bond donors (Lipinski definition) is 1. The molecule has 1 aliphatic rings. The molecule has 0 spiro atoms. The van der Waals surface area contributed by atoms with Crippen molar-refractivity contribution < 1.29 is 0 Å². The Morgan fingerprint density at radius 1 is 1.19 bits per heavy atom. The van der Waals surface area contributed by atoms with Crippen LogP contribution in [-0.2, 0) is 6.54 Å². The second-order valence-corrected chi connectivity index (χ2v) is 5.85. The van der Waals surface area contributed by atoms with Crippen molar-refractivity contribution in [2.24, 2.45) is 0 Å². The number of hydrogen-bond acceptors (Lipinski definition) is 4. The normalized spacial score (nSPS) is 16.1. The van der Waals surface area contributed by atoms with Crippen molar-refractivity contribution in [3.63, 3.8) is 0 Å². The molecule has 0 saturated heterocycles. The summed E-state index contributed by atoms with van der Waals surface area (Å²) in [4.78, 5) is 13.2. The molecule has 0 aliphatic heterocycles. The highest BCUT2D eigenvalue weighted by Crippen LogP contribution is 2.30. The van der Waals surface area contributed by atoms with Gasteiger partial charge >= 0.3 is 0 Å². The molecule has 0 bridgehead atoms. The minimum Gasteiger partial charge on any atom is -0.350 e. The summed E-state index contributed by atoms with van der Waals surface area (Å²) in [5.74, 6) is 1.77. The summed E-state index contributed by atoms with van der Waals surface area (Å²) in [6, 6.07) is 2.54. The fourth-order valence-corrected chi connectivity index (χ4v) is 3.06. The average Bonchev–Trinajstić information content (AvgIpc) is 2.87. The van der Waals surface area contributed by atoms with Crippen molar-refractivity contribution >= 4 is 5.95 Å². The smallest absolute Gasteiger partial charge is 0.203 e. The first-order valence-corrected chi connectivity index (χ1v) is 7.80. The Bertz CT molecular complexity index is 598. The van der Waals surface area contributed by atoms with E-state index >= 15 is 0 Å². The van der Waals surface area contributed by atoms with E-state index in [1.807, 2.05) is 13.0 Å². The monoisotopic (exact) mass is 285 g/mol. The van der Waals surface area contributed by atoms with E-state index in [1.165, 1.54) is 32.1 Å². The van der Waals surface area contributed by atoms with Crippen LogP contribution in [0.1, 0.15) is 55.4 Å². The van der Waals surface area contributed by atoms with E-state index < -0.39 is 0 Å². The van der Waals surface area contributed by atoms with Gasteiger partial charge in [0.25, 0.3) is 0 Å². The van der Waals surface area contributed by atoms with Gasteiger partial charge in [0, 0.05) is 18.4 Å². The third-order valence-corrected chi connectivity index (χ3v) is 4.08. The molecule has 1 saturated carbocycles. The number of rotatable bonds is 4. The predicted molar refractivity (Wildman–Crippen MR) is 83.2 cm³/mol. The Morgan fingerprint density at radius 2 is 2.00 bits per heavy atom. The molecule has 1 aliphatic carbocycles. The standard InChI is InChI=1S/C16H23N5/c1-12-11-21(15-6-4-3-5-7-15)16(19-12)18-10-14-8-9-17-13(2)20-14/h8-9,11,15H,3-7,10H2,1-2H3,(H,18,19). The molecule has 0 radical (unpaired) electrons. The second-order valence-electron chi connectivity index (χ2n) is 5.85. The number of aryl methyl sites for hydroxylation is 2. The van der Waals surface area contributed by atoms with E-state index in [0.29, 0.717) is 12.6 Å². The van der Waals surface area contributed by atoms with Crippen LogP contribution in [0.5, 0.6) is 0 Å². The van der Waals surface area contributed by atoms with E-state index in [1.54, 1.807) is 6.20 Å². The SMILES string of the molecule is Cc1cn(C2CCCCC2)c(NCc2ccnc(C)n2)n1. The summed E-state index contributed by atoms with van der Waals surface area (Å²) in [6.07, 6.45) is 10.5. The summed E-state index contributed by atoms with van der Waals surface area (Å²) in [5.41, 5.74) is 2.07. The summed E-state index contributed by atoms with van der Waals surface area (Å²) in [6.45, 7) is 4.66. The molecule has 1 fully saturated rings. The zero-order chi connectivity index (χ0) is 14.7. The summed E-state index contributed by atoms with van der Waals surface area (Å²) < 4.78 is 2.32. The molecule has 1 N–H and O–H groups in total. The second kappa shape index (κ2) is 6.24. The van der Waals surface area contributed by atoms with Gasteiger partial charge in [0.2, 0.25) is 5.95 Å². The number of nitrogens with one attached hydrogen (secondary N) is 1. The Kier molecular flexibility index (Phi) is 4.18. The van der Waals surface area contributed by atoms with Crippen molar-refractivity contribution in [2.45, 2.75) is 58.5 Å². The van der Waals surface area contributed by atoms with Gasteiger partial charge in [0.05, 0.1) is 17.9 Å². The lowest BCUT2D eigenvalue weighted by molar-refractivity contribution is 0.355. The molecular formula is C16H23N5. The predicted octanol–water partition coefficient (Wildman–Crippen LogP) is 3.41. The highest BCUT2D eigenvalue weighted by Gasteiger charge is 2.18. The van der Waals surface area contributed by atoms with Crippen LogP contribution in [0.15, 0.2) is 18.5 Å². The summed E-state index contributed by atoms with van der Waals surface area (Å²) in [7, 11) is 0. The quantitative estimate of drug-likeness (QED) is 0.935. The van der Waals surface area contributed by atoms with Crippen molar-refractivity contribution in [3.8, 4) is 0 Å². The lowest BCUT2D eigenvalue weighted by Gasteiger charge is -2.24. The van der Waals surface area contributed by atoms with Crippen LogP contribution in [0.4, 0.5) is 5.95 Å². The van der Waals surface area contributed by atoms with Crippen LogP contribution in [0.3, 0.4) is 0 Å². The summed E-state index contributed by atoms with van der Waals surface area (Å²) in [5, 5.41) is 3.44. The van der Waals surface area contributed by atoms with Gasteiger partial charge in [-0.3, -0.25) is 0 Å². The van der Waals surface area contributed by atoms with E-state index in [4.69, 9.17) is 0 Å². The molecule has 2 aromatic heterocycles. The van der Waals surface area contributed by atoms with Crippen LogP contribution < -0.4 is 5.32 Å². The third kappa shape index (κ3) is 3.40.